The van der Waals surface area contributed by atoms with Crippen molar-refractivity contribution in [3.8, 4) is 11.4 Å². The SMILES string of the molecule is CC(C)(C)C1=CC(=Nn2c(SCC(=O)c3ccc(Br)cc3)nnc2-c2ccncc2)C=C(C(C)(C)C)C1=O. The zero-order valence-corrected chi connectivity index (χ0v) is 24.7. The van der Waals surface area contributed by atoms with Crippen LogP contribution >= 0.6 is 27.7 Å². The van der Waals surface area contributed by atoms with Gasteiger partial charge in [0.1, 0.15) is 0 Å². The molecule has 0 aliphatic heterocycles. The van der Waals surface area contributed by atoms with Gasteiger partial charge in [0.2, 0.25) is 5.16 Å². The molecule has 0 spiro atoms. The summed E-state index contributed by atoms with van der Waals surface area (Å²) in [6.07, 6.45) is 7.05. The molecule has 2 heterocycles. The first kappa shape index (κ1) is 27.9. The van der Waals surface area contributed by atoms with Gasteiger partial charge in [0, 0.05) is 39.1 Å². The van der Waals surface area contributed by atoms with Crippen LogP contribution in [0.25, 0.3) is 11.4 Å². The minimum Gasteiger partial charge on any atom is -0.293 e. The Hall–Kier alpha value is -3.17. The molecule has 0 saturated carbocycles. The van der Waals surface area contributed by atoms with Gasteiger partial charge in [-0.05, 0) is 47.2 Å². The van der Waals surface area contributed by atoms with Gasteiger partial charge in [0.05, 0.1) is 11.5 Å². The van der Waals surface area contributed by atoms with Crippen LogP contribution in [0.1, 0.15) is 51.9 Å². The highest BCUT2D eigenvalue weighted by Gasteiger charge is 2.34. The number of benzene rings is 1. The number of halogens is 1. The fourth-order valence-corrected chi connectivity index (χ4v) is 4.92. The summed E-state index contributed by atoms with van der Waals surface area (Å²) in [5.74, 6) is 0.706. The lowest BCUT2D eigenvalue weighted by Gasteiger charge is -2.30. The molecule has 7 nitrogen and oxygen atoms in total. The van der Waals surface area contributed by atoms with E-state index in [1.807, 2.05) is 78.0 Å². The van der Waals surface area contributed by atoms with Crippen molar-refractivity contribution in [2.24, 2.45) is 15.9 Å². The summed E-state index contributed by atoms with van der Waals surface area (Å²) in [6.45, 7) is 12.1. The second kappa shape index (κ2) is 10.9. The van der Waals surface area contributed by atoms with Crippen LogP contribution in [0, 0.1) is 10.8 Å². The van der Waals surface area contributed by atoms with Crippen LogP contribution in [0.5, 0.6) is 0 Å². The van der Waals surface area contributed by atoms with Crippen molar-refractivity contribution in [3.63, 3.8) is 0 Å². The highest BCUT2D eigenvalue weighted by molar-refractivity contribution is 9.10. The van der Waals surface area contributed by atoms with Crippen LogP contribution in [0.2, 0.25) is 0 Å². The van der Waals surface area contributed by atoms with E-state index >= 15 is 0 Å². The maximum Gasteiger partial charge on any atom is 0.212 e. The number of allylic oxidation sites excluding steroid dienone is 4. The Morgan fingerprint density at radius 3 is 2.05 bits per heavy atom. The molecule has 0 bridgehead atoms. The Balaban J connectivity index is 1.79. The van der Waals surface area contributed by atoms with Crippen LogP contribution in [-0.4, -0.2) is 42.9 Å². The average Bonchev–Trinajstić information content (AvgIpc) is 3.25. The summed E-state index contributed by atoms with van der Waals surface area (Å²) in [5, 5.41) is 14.2. The summed E-state index contributed by atoms with van der Waals surface area (Å²) in [7, 11) is 0. The van der Waals surface area contributed by atoms with Gasteiger partial charge < -0.3 is 0 Å². The van der Waals surface area contributed by atoms with E-state index in [0.717, 1.165) is 10.0 Å². The van der Waals surface area contributed by atoms with Crippen LogP contribution < -0.4 is 0 Å². The summed E-state index contributed by atoms with van der Waals surface area (Å²) in [4.78, 5) is 30.3. The van der Waals surface area contributed by atoms with Crippen LogP contribution in [0.15, 0.2) is 86.8 Å². The molecule has 0 amide bonds. The summed E-state index contributed by atoms with van der Waals surface area (Å²) in [6, 6.07) is 10.9. The Labute approximate surface area is 235 Å². The van der Waals surface area contributed by atoms with Gasteiger partial charge >= 0.3 is 0 Å². The highest BCUT2D eigenvalue weighted by Crippen LogP contribution is 2.37. The Morgan fingerprint density at radius 1 is 0.921 bits per heavy atom. The third-order valence-corrected chi connectivity index (χ3v) is 7.40. The van der Waals surface area contributed by atoms with E-state index in [0.29, 0.717) is 33.4 Å². The van der Waals surface area contributed by atoms with E-state index in [9.17, 15) is 9.59 Å². The van der Waals surface area contributed by atoms with Gasteiger partial charge in [-0.15, -0.1) is 10.2 Å². The van der Waals surface area contributed by atoms with Crippen molar-refractivity contribution in [2.75, 3.05) is 5.75 Å². The molecule has 4 rings (SSSR count). The molecule has 2 aromatic heterocycles. The molecule has 0 N–H and O–H groups in total. The molecule has 3 aromatic rings. The monoisotopic (exact) mass is 591 g/mol. The first-order chi connectivity index (χ1) is 17.8. The number of aromatic nitrogens is 4. The number of nitrogens with zero attached hydrogens (tertiary/aromatic N) is 5. The van der Waals surface area contributed by atoms with E-state index < -0.39 is 0 Å². The number of Topliss-reactive ketones (excluding diaryl/α,β-unsaturated/α-hetero) is 2. The van der Waals surface area contributed by atoms with Gasteiger partial charge in [-0.1, -0.05) is 81.4 Å². The van der Waals surface area contributed by atoms with Gasteiger partial charge in [0.15, 0.2) is 17.4 Å². The van der Waals surface area contributed by atoms with Crippen molar-refractivity contribution in [1.82, 2.24) is 19.9 Å². The number of hydrogen-bond donors (Lipinski definition) is 0. The first-order valence-electron chi connectivity index (χ1n) is 12.2. The van der Waals surface area contributed by atoms with E-state index in [4.69, 9.17) is 5.10 Å². The maximum atomic E-state index is 13.4. The van der Waals surface area contributed by atoms with Crippen LogP contribution in [-0.2, 0) is 4.79 Å². The summed E-state index contributed by atoms with van der Waals surface area (Å²) >= 11 is 4.67. The molecule has 1 aromatic carbocycles. The number of thioether (sulfide) groups is 1. The predicted octanol–water partition coefficient (Wildman–Crippen LogP) is 6.81. The second-order valence-electron chi connectivity index (χ2n) is 11.0. The number of carbonyl (C=O) groups is 2. The summed E-state index contributed by atoms with van der Waals surface area (Å²) in [5.41, 5.74) is 2.69. The average molecular weight is 593 g/mol. The van der Waals surface area contributed by atoms with Crippen molar-refractivity contribution in [2.45, 2.75) is 46.7 Å². The lowest BCUT2D eigenvalue weighted by atomic mass is 9.72. The third kappa shape index (κ3) is 6.27. The molecule has 9 heteroatoms. The minimum absolute atomic E-state index is 0.0248. The Kier molecular flexibility index (Phi) is 7.99. The molecule has 1 aliphatic carbocycles. The minimum atomic E-state index is -0.363. The highest BCUT2D eigenvalue weighted by atomic mass is 79.9. The molecule has 38 heavy (non-hydrogen) atoms. The number of pyridine rings is 1. The molecular formula is C29H30BrN5O2S. The molecule has 0 fully saturated rings. The largest absolute Gasteiger partial charge is 0.293 e. The number of rotatable bonds is 6. The fourth-order valence-electron chi connectivity index (χ4n) is 3.88. The van der Waals surface area contributed by atoms with Crippen molar-refractivity contribution >= 4 is 45.0 Å². The molecule has 0 saturated heterocycles. The number of ketones is 2. The van der Waals surface area contributed by atoms with Crippen molar-refractivity contribution in [1.29, 1.82) is 0 Å². The normalized spacial score (nSPS) is 14.3. The topological polar surface area (TPSA) is 90.1 Å². The molecular weight excluding hydrogens is 562 g/mol. The Morgan fingerprint density at radius 2 is 1.50 bits per heavy atom. The first-order valence-corrected chi connectivity index (χ1v) is 14.0. The zero-order chi connectivity index (χ0) is 27.7. The molecule has 1 aliphatic rings. The number of hydrogen-bond acceptors (Lipinski definition) is 7. The van der Waals surface area contributed by atoms with Crippen LogP contribution in [0.3, 0.4) is 0 Å². The van der Waals surface area contributed by atoms with E-state index in [1.165, 1.54) is 11.8 Å². The molecule has 0 unspecified atom stereocenters. The lowest BCUT2D eigenvalue weighted by Crippen LogP contribution is -2.29. The second-order valence-corrected chi connectivity index (χ2v) is 12.9. The number of carbonyl (C=O) groups excluding carboxylic acids is 2. The van der Waals surface area contributed by atoms with Gasteiger partial charge in [-0.2, -0.15) is 9.78 Å². The lowest BCUT2D eigenvalue weighted by molar-refractivity contribution is -0.114. The van der Waals surface area contributed by atoms with Crippen molar-refractivity contribution in [3.05, 3.63) is 82.1 Å². The van der Waals surface area contributed by atoms with E-state index in [2.05, 4.69) is 31.1 Å². The van der Waals surface area contributed by atoms with Gasteiger partial charge in [0.25, 0.3) is 0 Å². The zero-order valence-electron chi connectivity index (χ0n) is 22.3. The predicted molar refractivity (Wildman–Crippen MR) is 155 cm³/mol. The van der Waals surface area contributed by atoms with E-state index in [1.54, 1.807) is 29.2 Å². The molecule has 196 valence electrons. The summed E-state index contributed by atoms with van der Waals surface area (Å²) < 4.78 is 2.56. The van der Waals surface area contributed by atoms with Gasteiger partial charge in [-0.25, -0.2) is 0 Å². The fraction of sp³-hybridized carbons (Fsp3) is 0.310. The smallest absolute Gasteiger partial charge is 0.212 e. The van der Waals surface area contributed by atoms with Crippen molar-refractivity contribution < 1.29 is 9.59 Å². The maximum absolute atomic E-state index is 13.4. The van der Waals surface area contributed by atoms with Gasteiger partial charge in [-0.3, -0.25) is 14.6 Å². The standard InChI is InChI=1S/C29H30BrN5O2S/c1-28(2,3)22-15-21(16-23(25(22)37)29(4,5)6)34-35-26(19-11-13-31-14-12-19)32-33-27(35)38-17-24(36)18-7-9-20(30)10-8-18/h7-16H,17H2,1-6H3. The van der Waals surface area contributed by atoms with Crippen LogP contribution in [0.4, 0.5) is 0 Å². The van der Waals surface area contributed by atoms with E-state index in [-0.39, 0.29) is 28.1 Å². The Bertz CT molecular complexity index is 1420. The molecule has 0 atom stereocenters. The quantitative estimate of drug-likeness (QED) is 0.178. The third-order valence-electron chi connectivity index (χ3n) is 5.95. The molecule has 0 radical (unpaired) electrons.